The number of nitrogens with zero attached hydrogens (tertiary/aromatic N) is 1. The Morgan fingerprint density at radius 3 is 1.70 bits per heavy atom. The molecule has 232 valence electrons. The van der Waals surface area contributed by atoms with E-state index in [1.807, 2.05) is 6.07 Å². The zero-order valence-corrected chi connectivity index (χ0v) is 27.9. The van der Waals surface area contributed by atoms with Crippen molar-refractivity contribution in [1.82, 2.24) is 0 Å². The van der Waals surface area contributed by atoms with Crippen LogP contribution >= 0.6 is 7.26 Å². The molecule has 0 fully saturated rings. The number of phenols is 2. The molecule has 43 heavy (non-hydrogen) atoms. The van der Waals surface area contributed by atoms with Gasteiger partial charge in [-0.1, -0.05) is 62.5 Å². The van der Waals surface area contributed by atoms with Gasteiger partial charge in [-0.3, -0.25) is 0 Å². The van der Waals surface area contributed by atoms with E-state index in [4.69, 9.17) is 9.47 Å². The molecule has 0 amide bonds. The van der Waals surface area contributed by atoms with Crippen LogP contribution in [0.2, 0.25) is 0 Å². The summed E-state index contributed by atoms with van der Waals surface area (Å²) >= 11 is 0. The number of methoxy groups -OCH3 is 2. The van der Waals surface area contributed by atoms with Crippen LogP contribution in [-0.4, -0.2) is 30.6 Å². The van der Waals surface area contributed by atoms with E-state index in [1.165, 1.54) is 55.8 Å². The lowest BCUT2D eigenvalue weighted by molar-refractivity contribution is 0.314. The Bertz CT molecular complexity index is 1290. The zero-order valence-electron chi connectivity index (χ0n) is 27.0. The first-order valence-electron chi connectivity index (χ1n) is 15.5. The molecule has 0 unspecified atom stereocenters. The van der Waals surface area contributed by atoms with Gasteiger partial charge in [-0.25, -0.2) is 0 Å². The van der Waals surface area contributed by atoms with Gasteiger partial charge in [0.1, 0.15) is 24.2 Å². The molecule has 0 spiro atoms. The second-order valence-corrected chi connectivity index (χ2v) is 14.2. The average Bonchev–Trinajstić information content (AvgIpc) is 3.03. The molecule has 5 nitrogen and oxygen atoms in total. The third kappa shape index (κ3) is 8.77. The highest BCUT2D eigenvalue weighted by atomic mass is 31.2. The summed E-state index contributed by atoms with van der Waals surface area (Å²) in [4.78, 5) is 0. The van der Waals surface area contributed by atoms with Crippen molar-refractivity contribution in [3.05, 3.63) is 88.5 Å². The van der Waals surface area contributed by atoms with Gasteiger partial charge >= 0.3 is 0 Å². The van der Waals surface area contributed by atoms with E-state index in [2.05, 4.69) is 94.5 Å². The summed E-state index contributed by atoms with van der Waals surface area (Å²) in [5, 5.41) is 35.0. The van der Waals surface area contributed by atoms with Gasteiger partial charge in [-0.05, 0) is 89.8 Å². The predicted octanol–water partition coefficient (Wildman–Crippen LogP) is 9.95. The van der Waals surface area contributed by atoms with Crippen LogP contribution in [-0.2, 0) is 6.42 Å². The number of phenolic OH excluding ortho intramolecular Hbond substituents is 2. The van der Waals surface area contributed by atoms with E-state index in [9.17, 15) is 15.5 Å². The fourth-order valence-corrected chi connectivity index (χ4v) is 10.7. The van der Waals surface area contributed by atoms with Gasteiger partial charge in [0.05, 0.1) is 31.0 Å². The summed E-state index contributed by atoms with van der Waals surface area (Å²) in [5.74, 6) is -0.370. The monoisotopic (exact) mass is 604 g/mol. The number of rotatable bonds is 18. The highest BCUT2D eigenvalue weighted by Gasteiger charge is 2.45. The lowest BCUT2D eigenvalue weighted by atomic mass is 9.98. The number of nitriles is 1. The van der Waals surface area contributed by atoms with Gasteiger partial charge in [-0.15, -0.1) is 0 Å². The van der Waals surface area contributed by atoms with Crippen molar-refractivity contribution in [3.63, 3.8) is 0 Å². The molecule has 2 N–H and O–H groups in total. The van der Waals surface area contributed by atoms with Crippen molar-refractivity contribution < 1.29 is 19.7 Å². The van der Waals surface area contributed by atoms with Crippen LogP contribution in [0, 0.1) is 11.3 Å². The van der Waals surface area contributed by atoms with Crippen molar-refractivity contribution in [2.24, 2.45) is 0 Å². The minimum absolute atomic E-state index is 0.0176. The minimum Gasteiger partial charge on any atom is -0.504 e. The van der Waals surface area contributed by atoms with Crippen LogP contribution in [0.5, 0.6) is 23.0 Å². The molecule has 0 saturated carbocycles. The van der Waals surface area contributed by atoms with Crippen LogP contribution in [0.1, 0.15) is 90.2 Å². The van der Waals surface area contributed by atoms with Crippen molar-refractivity contribution >= 4 is 12.6 Å². The lowest BCUT2D eigenvalue weighted by Crippen LogP contribution is -2.17. The standard InChI is InChI=1S/C37H50NO4P/c1-7-22-29(9-3)43(30(10-4)23-8-2,31-24-18-17-19-25-31)27-21-16-14-12-11-13-15-20-26-32-33(28-38)35(40)37(42-6)36(41-5)34(32)39/h7-10,17-19,22-25H,11-16,20-21,26-27H2,1-6H3,(H-,39,40)/p+1/b22-7-,23-8-,29-9+,30-10+. The van der Waals surface area contributed by atoms with Gasteiger partial charge in [0.15, 0.2) is 11.5 Å². The number of ether oxygens (including phenoxy) is 2. The first-order chi connectivity index (χ1) is 20.9. The molecule has 0 bridgehead atoms. The van der Waals surface area contributed by atoms with Gasteiger partial charge in [-0.2, -0.15) is 5.26 Å². The van der Waals surface area contributed by atoms with Crippen LogP contribution in [0.25, 0.3) is 0 Å². The highest BCUT2D eigenvalue weighted by Crippen LogP contribution is 2.72. The lowest BCUT2D eigenvalue weighted by Gasteiger charge is -2.29. The Balaban J connectivity index is 1.97. The van der Waals surface area contributed by atoms with Gasteiger partial charge in [0.25, 0.3) is 0 Å². The Kier molecular flexibility index (Phi) is 15.7. The Hall–Kier alpha value is -3.48. The first-order valence-corrected chi connectivity index (χ1v) is 17.5. The van der Waals surface area contributed by atoms with Crippen molar-refractivity contribution in [2.45, 2.75) is 85.5 Å². The molecule has 2 rings (SSSR count). The Morgan fingerprint density at radius 1 is 0.744 bits per heavy atom. The van der Waals surface area contributed by atoms with Crippen LogP contribution < -0.4 is 14.8 Å². The molecule has 0 heterocycles. The van der Waals surface area contributed by atoms with Gasteiger partial charge < -0.3 is 19.7 Å². The SMILES string of the molecule is C/C=C\C(=C/C)[P+](CCCCCCCCCCc1c(O)c(OC)c(OC)c(O)c1C#N)(C(/C=C\C)=C/C)c1ccccc1. The molecule has 0 aliphatic rings. The highest BCUT2D eigenvalue weighted by molar-refractivity contribution is 7.90. The second kappa shape index (κ2) is 18.9. The summed E-state index contributed by atoms with van der Waals surface area (Å²) in [6.45, 7) is 8.56. The fourth-order valence-electron chi connectivity index (χ4n) is 5.93. The third-order valence-corrected chi connectivity index (χ3v) is 12.7. The summed E-state index contributed by atoms with van der Waals surface area (Å²) in [6, 6.07) is 13.1. The summed E-state index contributed by atoms with van der Waals surface area (Å²) in [6.07, 6.45) is 24.1. The molecule has 2 aromatic carbocycles. The minimum atomic E-state index is -1.76. The number of unbranched alkanes of at least 4 members (excludes halogenated alkanes) is 7. The maximum absolute atomic E-state index is 10.7. The molecular weight excluding hydrogens is 553 g/mol. The van der Waals surface area contributed by atoms with E-state index in [0.29, 0.717) is 12.0 Å². The number of aromatic hydroxyl groups is 2. The van der Waals surface area contributed by atoms with E-state index in [1.54, 1.807) is 0 Å². The molecule has 0 atom stereocenters. The zero-order chi connectivity index (χ0) is 31.7. The smallest absolute Gasteiger partial charge is 0.208 e. The number of hydrogen-bond acceptors (Lipinski definition) is 5. The van der Waals surface area contributed by atoms with E-state index in [0.717, 1.165) is 31.8 Å². The fraction of sp³-hybridized carbons (Fsp3) is 0.432. The van der Waals surface area contributed by atoms with E-state index >= 15 is 0 Å². The topological polar surface area (TPSA) is 82.7 Å². The van der Waals surface area contributed by atoms with Crippen molar-refractivity contribution in [2.75, 3.05) is 20.4 Å². The van der Waals surface area contributed by atoms with E-state index in [-0.39, 0.29) is 28.6 Å². The van der Waals surface area contributed by atoms with Crippen molar-refractivity contribution in [1.29, 1.82) is 5.26 Å². The third-order valence-electron chi connectivity index (χ3n) is 8.00. The van der Waals surface area contributed by atoms with Crippen LogP contribution in [0.4, 0.5) is 0 Å². The van der Waals surface area contributed by atoms with E-state index < -0.39 is 7.26 Å². The molecule has 0 saturated heterocycles. The first kappa shape index (κ1) is 35.7. The Morgan fingerprint density at radius 2 is 1.23 bits per heavy atom. The second-order valence-electron chi connectivity index (χ2n) is 10.6. The molecule has 0 aromatic heterocycles. The predicted molar refractivity (Wildman–Crippen MR) is 183 cm³/mol. The largest absolute Gasteiger partial charge is 0.504 e. The summed E-state index contributed by atoms with van der Waals surface area (Å²) < 4.78 is 10.4. The normalized spacial score (nSPS) is 13.8. The van der Waals surface area contributed by atoms with Crippen molar-refractivity contribution in [3.8, 4) is 29.1 Å². The maximum Gasteiger partial charge on any atom is 0.208 e. The van der Waals surface area contributed by atoms with Gasteiger partial charge in [0, 0.05) is 5.56 Å². The average molecular weight is 605 g/mol. The number of benzene rings is 2. The maximum atomic E-state index is 10.7. The molecule has 2 aromatic rings. The summed E-state index contributed by atoms with van der Waals surface area (Å²) in [5.41, 5.74) is 0.468. The molecule has 0 aliphatic carbocycles. The van der Waals surface area contributed by atoms with Gasteiger partial charge in [0.2, 0.25) is 11.5 Å². The van der Waals surface area contributed by atoms with Crippen LogP contribution in [0.15, 0.2) is 77.4 Å². The Labute approximate surface area is 260 Å². The molecular formula is C37H51NO4P+. The number of hydrogen-bond donors (Lipinski definition) is 2. The molecule has 0 radical (unpaired) electrons. The summed E-state index contributed by atoms with van der Waals surface area (Å²) in [7, 11) is 1.01. The number of allylic oxidation sites excluding steroid dienone is 8. The molecule has 6 heteroatoms. The quantitative estimate of drug-likeness (QED) is 0.0766. The molecule has 0 aliphatic heterocycles. The van der Waals surface area contributed by atoms with Crippen LogP contribution in [0.3, 0.4) is 0 Å².